The third kappa shape index (κ3) is 4.32. The maximum absolute atomic E-state index is 11.8. The van der Waals surface area contributed by atoms with Gasteiger partial charge in [0, 0.05) is 6.04 Å². The first-order valence-electron chi connectivity index (χ1n) is 6.09. The average molecular weight is 243 g/mol. The van der Waals surface area contributed by atoms with Crippen molar-refractivity contribution in [2.24, 2.45) is 5.73 Å². The highest BCUT2D eigenvalue weighted by Crippen LogP contribution is 2.13. The van der Waals surface area contributed by atoms with Crippen molar-refractivity contribution in [3.63, 3.8) is 0 Å². The highest BCUT2D eigenvalue weighted by molar-refractivity contribution is 5.84. The summed E-state index contributed by atoms with van der Waals surface area (Å²) in [4.78, 5) is 22.5. The summed E-state index contributed by atoms with van der Waals surface area (Å²) in [6.07, 6.45) is 4.49. The maximum atomic E-state index is 11.8. The molecule has 1 saturated heterocycles. The Morgan fingerprint density at radius 3 is 2.88 bits per heavy atom. The second-order valence-electron chi connectivity index (χ2n) is 4.47. The van der Waals surface area contributed by atoms with Crippen LogP contribution in [0.1, 0.15) is 39.0 Å². The molecule has 1 heterocycles. The van der Waals surface area contributed by atoms with E-state index in [9.17, 15) is 9.59 Å². The lowest BCUT2D eigenvalue weighted by molar-refractivity contribution is -0.147. The van der Waals surface area contributed by atoms with Crippen LogP contribution in [0.15, 0.2) is 0 Å². The number of nitrogens with one attached hydrogen (secondary N) is 1. The fourth-order valence-electron chi connectivity index (χ4n) is 1.97. The van der Waals surface area contributed by atoms with E-state index < -0.39 is 12.0 Å². The lowest BCUT2D eigenvalue weighted by Gasteiger charge is -2.25. The van der Waals surface area contributed by atoms with Crippen LogP contribution in [0.3, 0.4) is 0 Å². The monoisotopic (exact) mass is 243 g/mol. The zero-order chi connectivity index (χ0) is 12.8. The molecule has 0 aromatic heterocycles. The van der Waals surface area contributed by atoms with Crippen molar-refractivity contribution < 1.29 is 14.7 Å². The van der Waals surface area contributed by atoms with Crippen LogP contribution in [0.2, 0.25) is 0 Å². The molecule has 0 bridgehead atoms. The summed E-state index contributed by atoms with van der Waals surface area (Å²) < 4.78 is 0. The standard InChI is InChI=1S/C11H21N3O3/c1-2-3-4-8-5-6-9(12)11(17)14(13-8)7-10(15)16/h8-9,13H,2-7,12H2,1H3,(H,15,16)/t8-,9-/m0/s1. The van der Waals surface area contributed by atoms with Gasteiger partial charge in [-0.1, -0.05) is 19.8 Å². The molecule has 0 aromatic rings. The number of hydrogen-bond acceptors (Lipinski definition) is 4. The summed E-state index contributed by atoms with van der Waals surface area (Å²) in [5, 5.41) is 9.90. The van der Waals surface area contributed by atoms with Crippen molar-refractivity contribution in [3.8, 4) is 0 Å². The van der Waals surface area contributed by atoms with Gasteiger partial charge in [0.25, 0.3) is 5.91 Å². The zero-order valence-electron chi connectivity index (χ0n) is 10.2. The molecule has 1 aliphatic heterocycles. The number of unbranched alkanes of at least 4 members (excludes halogenated alkanes) is 1. The number of nitrogens with zero attached hydrogens (tertiary/aromatic N) is 1. The van der Waals surface area contributed by atoms with Crippen LogP contribution in [0.5, 0.6) is 0 Å². The minimum Gasteiger partial charge on any atom is -0.480 e. The van der Waals surface area contributed by atoms with Crippen molar-refractivity contribution in [3.05, 3.63) is 0 Å². The largest absolute Gasteiger partial charge is 0.480 e. The minimum absolute atomic E-state index is 0.145. The Balaban J connectivity index is 2.63. The summed E-state index contributed by atoms with van der Waals surface area (Å²) in [6.45, 7) is 1.76. The van der Waals surface area contributed by atoms with Crippen molar-refractivity contribution >= 4 is 11.9 Å². The molecule has 0 spiro atoms. The molecule has 0 radical (unpaired) electrons. The predicted octanol–water partition coefficient (Wildman–Crippen LogP) is 0.0841. The Morgan fingerprint density at radius 2 is 2.29 bits per heavy atom. The zero-order valence-corrected chi connectivity index (χ0v) is 10.2. The van der Waals surface area contributed by atoms with Gasteiger partial charge in [0.2, 0.25) is 0 Å². The van der Waals surface area contributed by atoms with Gasteiger partial charge in [-0.2, -0.15) is 0 Å². The lowest BCUT2D eigenvalue weighted by atomic mass is 10.0. The lowest BCUT2D eigenvalue weighted by Crippen LogP contribution is -2.52. The van der Waals surface area contributed by atoms with Crippen LogP contribution >= 0.6 is 0 Å². The van der Waals surface area contributed by atoms with E-state index in [1.807, 2.05) is 0 Å². The average Bonchev–Trinajstić information content (AvgIpc) is 2.40. The quantitative estimate of drug-likeness (QED) is 0.635. The smallest absolute Gasteiger partial charge is 0.324 e. The van der Waals surface area contributed by atoms with E-state index in [0.29, 0.717) is 6.42 Å². The van der Waals surface area contributed by atoms with Crippen molar-refractivity contribution in [1.29, 1.82) is 0 Å². The van der Waals surface area contributed by atoms with Crippen LogP contribution in [0.25, 0.3) is 0 Å². The molecule has 0 aromatic carbocycles. The highest BCUT2D eigenvalue weighted by Gasteiger charge is 2.29. The number of hydrazine groups is 1. The topological polar surface area (TPSA) is 95.7 Å². The Bertz CT molecular complexity index is 283. The molecule has 0 saturated carbocycles. The molecule has 1 amide bonds. The molecule has 17 heavy (non-hydrogen) atoms. The predicted molar refractivity (Wildman–Crippen MR) is 63.0 cm³/mol. The van der Waals surface area contributed by atoms with Gasteiger partial charge in [0.1, 0.15) is 6.54 Å². The van der Waals surface area contributed by atoms with Gasteiger partial charge < -0.3 is 10.8 Å². The van der Waals surface area contributed by atoms with Gasteiger partial charge in [-0.25, -0.2) is 5.43 Å². The first-order valence-corrected chi connectivity index (χ1v) is 6.09. The number of aliphatic carboxylic acids is 1. The minimum atomic E-state index is -1.03. The van der Waals surface area contributed by atoms with Crippen LogP contribution < -0.4 is 11.2 Å². The molecule has 0 aliphatic carbocycles. The number of amides is 1. The van der Waals surface area contributed by atoms with E-state index in [2.05, 4.69) is 12.3 Å². The highest BCUT2D eigenvalue weighted by atomic mass is 16.4. The van der Waals surface area contributed by atoms with E-state index in [4.69, 9.17) is 10.8 Å². The number of carbonyl (C=O) groups is 2. The Morgan fingerprint density at radius 1 is 1.59 bits per heavy atom. The van der Waals surface area contributed by atoms with E-state index in [0.717, 1.165) is 30.7 Å². The van der Waals surface area contributed by atoms with E-state index in [1.165, 1.54) is 0 Å². The number of rotatable bonds is 5. The van der Waals surface area contributed by atoms with Crippen molar-refractivity contribution in [2.75, 3.05) is 6.54 Å². The SMILES string of the molecule is CCCC[C@H]1CC[C@H](N)C(=O)N(CC(=O)O)N1. The molecule has 2 atom stereocenters. The van der Waals surface area contributed by atoms with Gasteiger partial charge in [0.05, 0.1) is 6.04 Å². The summed E-state index contributed by atoms with van der Waals surface area (Å²) in [5.74, 6) is -1.36. The third-order valence-corrected chi connectivity index (χ3v) is 2.95. The molecular weight excluding hydrogens is 222 g/mol. The van der Waals surface area contributed by atoms with Crippen LogP contribution in [-0.4, -0.2) is 40.6 Å². The Labute approximate surface area is 101 Å². The van der Waals surface area contributed by atoms with Crippen molar-refractivity contribution in [1.82, 2.24) is 10.4 Å². The number of carbonyl (C=O) groups excluding carboxylic acids is 1. The van der Waals surface area contributed by atoms with Crippen molar-refractivity contribution in [2.45, 2.75) is 51.1 Å². The van der Waals surface area contributed by atoms with Crippen LogP contribution in [0.4, 0.5) is 0 Å². The van der Waals surface area contributed by atoms with Crippen LogP contribution in [-0.2, 0) is 9.59 Å². The van der Waals surface area contributed by atoms with Gasteiger partial charge in [-0.3, -0.25) is 14.6 Å². The molecule has 6 nitrogen and oxygen atoms in total. The summed E-state index contributed by atoms with van der Waals surface area (Å²) in [5.41, 5.74) is 8.70. The molecule has 6 heteroatoms. The van der Waals surface area contributed by atoms with Gasteiger partial charge >= 0.3 is 5.97 Å². The number of carboxylic acids is 1. The molecule has 1 aliphatic rings. The molecule has 98 valence electrons. The Kier molecular flexibility index (Phi) is 5.37. The van der Waals surface area contributed by atoms with E-state index >= 15 is 0 Å². The molecular formula is C11H21N3O3. The van der Waals surface area contributed by atoms with Gasteiger partial charge in [-0.05, 0) is 19.3 Å². The van der Waals surface area contributed by atoms with E-state index in [1.54, 1.807) is 0 Å². The number of nitrogens with two attached hydrogens (primary N) is 1. The molecule has 4 N–H and O–H groups in total. The molecule has 1 rings (SSSR count). The molecule has 0 unspecified atom stereocenters. The number of hydrogen-bond donors (Lipinski definition) is 3. The second kappa shape index (κ2) is 6.56. The summed E-state index contributed by atoms with van der Waals surface area (Å²) in [7, 11) is 0. The Hall–Kier alpha value is -1.14. The second-order valence-corrected chi connectivity index (χ2v) is 4.47. The van der Waals surface area contributed by atoms with Crippen LogP contribution in [0, 0.1) is 0 Å². The molecule has 1 fully saturated rings. The first kappa shape index (κ1) is 13.9. The van der Waals surface area contributed by atoms with Gasteiger partial charge in [-0.15, -0.1) is 0 Å². The fraction of sp³-hybridized carbons (Fsp3) is 0.818. The number of carboxylic acid groups (broad SMARTS) is 1. The summed E-state index contributed by atoms with van der Waals surface area (Å²) >= 11 is 0. The summed E-state index contributed by atoms with van der Waals surface area (Å²) in [6, 6.07) is -0.444. The third-order valence-electron chi connectivity index (χ3n) is 2.95. The normalized spacial score (nSPS) is 25.8. The van der Waals surface area contributed by atoms with Gasteiger partial charge in [0.15, 0.2) is 0 Å². The first-order chi connectivity index (χ1) is 8.04. The maximum Gasteiger partial charge on any atom is 0.324 e. The van der Waals surface area contributed by atoms with E-state index in [-0.39, 0.29) is 18.5 Å². The fourth-order valence-corrected chi connectivity index (χ4v) is 1.97.